The van der Waals surface area contributed by atoms with Crippen LogP contribution in [0.2, 0.25) is 0 Å². The summed E-state index contributed by atoms with van der Waals surface area (Å²) in [6, 6.07) is 12.6. The number of aryl methyl sites for hydroxylation is 1. The van der Waals surface area contributed by atoms with Gasteiger partial charge in [0.05, 0.1) is 4.92 Å². The van der Waals surface area contributed by atoms with Gasteiger partial charge in [-0.3, -0.25) is 10.1 Å². The maximum atomic E-state index is 11.9. The van der Waals surface area contributed by atoms with Gasteiger partial charge >= 0.3 is 11.6 Å². The maximum absolute atomic E-state index is 11.9. The molecule has 27 heavy (non-hydrogen) atoms. The van der Waals surface area contributed by atoms with Crippen LogP contribution in [0.1, 0.15) is 16.7 Å². The van der Waals surface area contributed by atoms with Crippen molar-refractivity contribution in [2.24, 2.45) is 0 Å². The summed E-state index contributed by atoms with van der Waals surface area (Å²) in [6.07, 6.45) is 2.60. The molecular weight excluding hydrogens is 350 g/mol. The highest BCUT2D eigenvalue weighted by molar-refractivity contribution is 5.87. The smallest absolute Gasteiger partial charge is 0.336 e. The number of benzene rings is 2. The minimum atomic E-state index is -0.630. The summed E-state index contributed by atoms with van der Waals surface area (Å²) >= 11 is 0. The predicted octanol–water partition coefficient (Wildman–Crippen LogP) is 3.77. The molecule has 1 heterocycles. The summed E-state index contributed by atoms with van der Waals surface area (Å²) in [5, 5.41) is 11.5. The van der Waals surface area contributed by atoms with E-state index >= 15 is 0 Å². The van der Waals surface area contributed by atoms with Gasteiger partial charge in [-0.05, 0) is 30.2 Å². The van der Waals surface area contributed by atoms with E-state index in [-0.39, 0.29) is 12.3 Å². The van der Waals surface area contributed by atoms with Gasteiger partial charge in [0.15, 0.2) is 0 Å². The Balaban J connectivity index is 1.73. The van der Waals surface area contributed by atoms with Crippen LogP contribution in [0, 0.1) is 17.0 Å². The first-order valence-electron chi connectivity index (χ1n) is 8.05. The van der Waals surface area contributed by atoms with E-state index in [0.29, 0.717) is 22.1 Å². The number of nitrogens with zero attached hydrogens (tertiary/aromatic N) is 1. The zero-order valence-electron chi connectivity index (χ0n) is 14.4. The number of nitro groups is 1. The minimum Gasteiger partial charge on any atom is -0.458 e. The molecule has 0 aliphatic rings. The van der Waals surface area contributed by atoms with Crippen LogP contribution in [-0.2, 0) is 16.1 Å². The summed E-state index contributed by atoms with van der Waals surface area (Å²) in [5.41, 5.74) is 1.83. The standard InChI is InChI=1S/C20H15NO6/c1-13-5-7-17-15(11-20(23)27-18(17)9-13)12-26-19(22)8-6-14-3-2-4-16(10-14)21(24)25/h2-11H,12H2,1H3. The van der Waals surface area contributed by atoms with E-state index in [2.05, 4.69) is 0 Å². The van der Waals surface area contributed by atoms with Crippen LogP contribution in [0.25, 0.3) is 17.0 Å². The second-order valence-electron chi connectivity index (χ2n) is 5.88. The molecule has 7 nitrogen and oxygen atoms in total. The second kappa shape index (κ2) is 7.65. The van der Waals surface area contributed by atoms with E-state index in [4.69, 9.17) is 9.15 Å². The zero-order chi connectivity index (χ0) is 19.4. The van der Waals surface area contributed by atoms with Crippen molar-refractivity contribution in [3.05, 3.63) is 91.8 Å². The molecule has 3 aromatic rings. The molecule has 136 valence electrons. The molecule has 0 saturated heterocycles. The lowest BCUT2D eigenvalue weighted by Gasteiger charge is -2.06. The first kappa shape index (κ1) is 18.1. The van der Waals surface area contributed by atoms with Gasteiger partial charge in [0.1, 0.15) is 12.2 Å². The third-order valence-electron chi connectivity index (χ3n) is 3.85. The number of hydrogen-bond acceptors (Lipinski definition) is 6. The molecule has 1 aromatic heterocycles. The molecule has 0 aliphatic carbocycles. The van der Waals surface area contributed by atoms with Crippen LogP contribution < -0.4 is 5.63 Å². The number of ether oxygens (including phenoxy) is 1. The van der Waals surface area contributed by atoms with Crippen molar-refractivity contribution < 1.29 is 18.9 Å². The lowest BCUT2D eigenvalue weighted by molar-refractivity contribution is -0.384. The van der Waals surface area contributed by atoms with E-state index in [1.165, 1.54) is 36.4 Å². The Morgan fingerprint density at radius 2 is 2.04 bits per heavy atom. The second-order valence-corrected chi connectivity index (χ2v) is 5.88. The Morgan fingerprint density at radius 3 is 2.81 bits per heavy atom. The number of hydrogen-bond donors (Lipinski definition) is 0. The minimum absolute atomic E-state index is 0.0664. The zero-order valence-corrected chi connectivity index (χ0v) is 14.4. The molecule has 0 atom stereocenters. The average Bonchev–Trinajstić information content (AvgIpc) is 2.64. The van der Waals surface area contributed by atoms with Crippen LogP contribution in [0.15, 0.2) is 63.8 Å². The van der Waals surface area contributed by atoms with Gasteiger partial charge in [-0.2, -0.15) is 0 Å². The molecule has 0 aliphatic heterocycles. The Kier molecular flexibility index (Phi) is 5.12. The Labute approximate surface area is 153 Å². The fourth-order valence-electron chi connectivity index (χ4n) is 2.56. The van der Waals surface area contributed by atoms with Gasteiger partial charge in [0.25, 0.3) is 5.69 Å². The molecule has 2 aromatic carbocycles. The van der Waals surface area contributed by atoms with Gasteiger partial charge in [-0.1, -0.05) is 24.3 Å². The summed E-state index contributed by atoms with van der Waals surface area (Å²) in [7, 11) is 0. The van der Waals surface area contributed by atoms with E-state index < -0.39 is 16.5 Å². The van der Waals surface area contributed by atoms with Crippen molar-refractivity contribution >= 4 is 28.7 Å². The Morgan fingerprint density at radius 1 is 1.22 bits per heavy atom. The molecule has 0 N–H and O–H groups in total. The van der Waals surface area contributed by atoms with Crippen LogP contribution in [-0.4, -0.2) is 10.9 Å². The van der Waals surface area contributed by atoms with Crippen LogP contribution in [0.5, 0.6) is 0 Å². The fourth-order valence-corrected chi connectivity index (χ4v) is 2.56. The Hall–Kier alpha value is -3.74. The van der Waals surface area contributed by atoms with Crippen molar-refractivity contribution in [3.8, 4) is 0 Å². The fraction of sp³-hybridized carbons (Fsp3) is 0.100. The van der Waals surface area contributed by atoms with Gasteiger partial charge in [0, 0.05) is 35.2 Å². The molecule has 0 unspecified atom stereocenters. The van der Waals surface area contributed by atoms with E-state index in [1.807, 2.05) is 13.0 Å². The molecule has 3 rings (SSSR count). The number of non-ortho nitro benzene ring substituents is 1. The van der Waals surface area contributed by atoms with Crippen LogP contribution in [0.4, 0.5) is 5.69 Å². The molecular formula is C20H15NO6. The first-order chi connectivity index (χ1) is 12.9. The maximum Gasteiger partial charge on any atom is 0.336 e. The highest BCUT2D eigenvalue weighted by Gasteiger charge is 2.08. The van der Waals surface area contributed by atoms with Crippen molar-refractivity contribution in [1.82, 2.24) is 0 Å². The number of fused-ring (bicyclic) bond motifs is 1. The normalized spacial score (nSPS) is 11.0. The number of carbonyl (C=O) groups is 1. The molecule has 0 radical (unpaired) electrons. The number of nitro benzene ring substituents is 1. The topological polar surface area (TPSA) is 99.6 Å². The highest BCUT2D eigenvalue weighted by atomic mass is 16.6. The number of carbonyl (C=O) groups excluding carboxylic acids is 1. The first-order valence-corrected chi connectivity index (χ1v) is 8.05. The van der Waals surface area contributed by atoms with E-state index in [9.17, 15) is 19.7 Å². The third-order valence-corrected chi connectivity index (χ3v) is 3.85. The molecule has 0 spiro atoms. The molecule has 7 heteroatoms. The molecule has 0 saturated carbocycles. The monoisotopic (exact) mass is 365 g/mol. The Bertz CT molecular complexity index is 1110. The largest absolute Gasteiger partial charge is 0.458 e. The van der Waals surface area contributed by atoms with Gasteiger partial charge in [-0.15, -0.1) is 0 Å². The van der Waals surface area contributed by atoms with Crippen molar-refractivity contribution in [1.29, 1.82) is 0 Å². The molecule has 0 bridgehead atoms. The lowest BCUT2D eigenvalue weighted by atomic mass is 10.1. The molecule has 0 fully saturated rings. The van der Waals surface area contributed by atoms with Crippen molar-refractivity contribution in [2.45, 2.75) is 13.5 Å². The van der Waals surface area contributed by atoms with Gasteiger partial charge in [-0.25, -0.2) is 9.59 Å². The van der Waals surface area contributed by atoms with Crippen molar-refractivity contribution in [2.75, 3.05) is 0 Å². The SMILES string of the molecule is Cc1ccc2c(COC(=O)C=Cc3cccc([N+](=O)[O-])c3)cc(=O)oc2c1. The van der Waals surface area contributed by atoms with Crippen LogP contribution >= 0.6 is 0 Å². The van der Waals surface area contributed by atoms with Gasteiger partial charge < -0.3 is 9.15 Å². The summed E-state index contributed by atoms with van der Waals surface area (Å²) in [6.45, 7) is 1.79. The van der Waals surface area contributed by atoms with E-state index in [1.54, 1.807) is 18.2 Å². The molecule has 0 amide bonds. The average molecular weight is 365 g/mol. The number of rotatable bonds is 5. The predicted molar refractivity (Wildman–Crippen MR) is 99.1 cm³/mol. The summed E-state index contributed by atoms with van der Waals surface area (Å²) < 4.78 is 10.3. The third kappa shape index (κ3) is 4.46. The highest BCUT2D eigenvalue weighted by Crippen LogP contribution is 2.19. The summed E-state index contributed by atoms with van der Waals surface area (Å²) in [5.74, 6) is -0.630. The lowest BCUT2D eigenvalue weighted by Crippen LogP contribution is -2.05. The van der Waals surface area contributed by atoms with Crippen molar-refractivity contribution in [3.63, 3.8) is 0 Å². The van der Waals surface area contributed by atoms with Crippen LogP contribution in [0.3, 0.4) is 0 Å². The number of esters is 1. The van der Waals surface area contributed by atoms with Gasteiger partial charge in [0.2, 0.25) is 0 Å². The van der Waals surface area contributed by atoms with E-state index in [0.717, 1.165) is 5.56 Å². The summed E-state index contributed by atoms with van der Waals surface area (Å²) in [4.78, 5) is 33.9. The quantitative estimate of drug-likeness (QED) is 0.224.